The molecule has 0 radical (unpaired) electrons. The third-order valence-electron chi connectivity index (χ3n) is 3.08. The zero-order valence-electron chi connectivity index (χ0n) is 11.3. The number of nitrogens with one attached hydrogen (secondary N) is 1. The molecule has 0 bridgehead atoms. The summed E-state index contributed by atoms with van der Waals surface area (Å²) in [4.78, 5) is 4.72. The van der Waals surface area contributed by atoms with Crippen molar-refractivity contribution in [1.29, 1.82) is 0 Å². The van der Waals surface area contributed by atoms with Crippen molar-refractivity contribution >= 4 is 21.6 Å². The van der Waals surface area contributed by atoms with Crippen LogP contribution in [-0.4, -0.2) is 17.6 Å². The van der Waals surface area contributed by atoms with Crippen LogP contribution < -0.4 is 5.32 Å². The average molecular weight is 262 g/mol. The third kappa shape index (κ3) is 3.53. The topological polar surface area (TPSA) is 24.9 Å². The molecular weight excluding hydrogens is 240 g/mol. The summed E-state index contributed by atoms with van der Waals surface area (Å²) in [6.07, 6.45) is 4.72. The van der Waals surface area contributed by atoms with Crippen molar-refractivity contribution in [3.05, 3.63) is 29.3 Å². The molecule has 0 aliphatic heterocycles. The molecule has 0 fully saturated rings. The van der Waals surface area contributed by atoms with Crippen LogP contribution in [0.25, 0.3) is 10.2 Å². The highest BCUT2D eigenvalue weighted by Crippen LogP contribution is 2.23. The molecule has 0 spiro atoms. The molecule has 1 unspecified atom stereocenters. The second-order valence-corrected chi connectivity index (χ2v) is 5.83. The van der Waals surface area contributed by atoms with E-state index in [9.17, 15) is 0 Å². The summed E-state index contributed by atoms with van der Waals surface area (Å²) in [6.45, 7) is 5.57. The molecule has 0 amide bonds. The van der Waals surface area contributed by atoms with Crippen molar-refractivity contribution in [3.63, 3.8) is 0 Å². The van der Waals surface area contributed by atoms with Gasteiger partial charge in [-0.05, 0) is 31.5 Å². The number of thiazole rings is 1. The molecule has 1 aromatic heterocycles. The Morgan fingerprint density at radius 3 is 2.78 bits per heavy atom. The van der Waals surface area contributed by atoms with Crippen LogP contribution in [0, 0.1) is 0 Å². The van der Waals surface area contributed by atoms with Gasteiger partial charge in [0.25, 0.3) is 0 Å². The summed E-state index contributed by atoms with van der Waals surface area (Å²) < 4.78 is 1.30. The summed E-state index contributed by atoms with van der Waals surface area (Å²) >= 11 is 1.83. The standard InChI is InChI=1S/C15H22N2S/c1-3-7-12(16-10-4-2)11-15-17-13-8-5-6-9-14(13)18-15/h5-6,8-9,12,16H,3-4,7,10-11H2,1-2H3. The number of benzene rings is 1. The largest absolute Gasteiger partial charge is 0.314 e. The number of hydrogen-bond acceptors (Lipinski definition) is 3. The Bertz CT molecular complexity index is 445. The zero-order valence-corrected chi connectivity index (χ0v) is 12.1. The van der Waals surface area contributed by atoms with Crippen molar-refractivity contribution in [3.8, 4) is 0 Å². The lowest BCUT2D eigenvalue weighted by Crippen LogP contribution is -2.31. The Kier molecular flexibility index (Phi) is 5.14. The molecule has 18 heavy (non-hydrogen) atoms. The number of nitrogens with zero attached hydrogens (tertiary/aromatic N) is 1. The van der Waals surface area contributed by atoms with Gasteiger partial charge in [-0.2, -0.15) is 0 Å². The van der Waals surface area contributed by atoms with E-state index >= 15 is 0 Å². The smallest absolute Gasteiger partial charge is 0.0954 e. The minimum absolute atomic E-state index is 0.579. The lowest BCUT2D eigenvalue weighted by atomic mass is 10.1. The van der Waals surface area contributed by atoms with Gasteiger partial charge >= 0.3 is 0 Å². The minimum atomic E-state index is 0.579. The molecule has 1 aromatic carbocycles. The van der Waals surface area contributed by atoms with Gasteiger partial charge in [-0.25, -0.2) is 4.98 Å². The quantitative estimate of drug-likeness (QED) is 0.815. The van der Waals surface area contributed by atoms with Gasteiger partial charge in [0.05, 0.1) is 15.2 Å². The van der Waals surface area contributed by atoms with Crippen molar-refractivity contribution in [2.75, 3.05) is 6.54 Å². The zero-order chi connectivity index (χ0) is 12.8. The minimum Gasteiger partial charge on any atom is -0.314 e. The average Bonchev–Trinajstić information content (AvgIpc) is 2.78. The Labute approximate surface area is 113 Å². The predicted octanol–water partition coefficient (Wildman–Crippen LogP) is 4.01. The second-order valence-electron chi connectivity index (χ2n) is 4.72. The van der Waals surface area contributed by atoms with Gasteiger partial charge in [-0.3, -0.25) is 0 Å². The van der Waals surface area contributed by atoms with Crippen molar-refractivity contribution in [1.82, 2.24) is 10.3 Å². The van der Waals surface area contributed by atoms with E-state index in [0.29, 0.717) is 6.04 Å². The molecule has 98 valence electrons. The van der Waals surface area contributed by atoms with E-state index in [0.717, 1.165) is 18.5 Å². The highest BCUT2D eigenvalue weighted by molar-refractivity contribution is 7.18. The maximum Gasteiger partial charge on any atom is 0.0954 e. The maximum atomic E-state index is 4.72. The molecule has 2 aromatic rings. The highest BCUT2D eigenvalue weighted by Gasteiger charge is 2.11. The van der Waals surface area contributed by atoms with E-state index in [1.54, 1.807) is 0 Å². The van der Waals surface area contributed by atoms with Crippen LogP contribution >= 0.6 is 11.3 Å². The van der Waals surface area contributed by atoms with Crippen LogP contribution in [0.1, 0.15) is 38.1 Å². The Morgan fingerprint density at radius 2 is 2.06 bits per heavy atom. The second kappa shape index (κ2) is 6.86. The normalized spacial score (nSPS) is 13.0. The van der Waals surface area contributed by atoms with E-state index in [1.165, 1.54) is 29.0 Å². The molecule has 0 aliphatic carbocycles. The van der Waals surface area contributed by atoms with E-state index in [4.69, 9.17) is 4.98 Å². The molecule has 0 aliphatic rings. The lowest BCUT2D eigenvalue weighted by molar-refractivity contribution is 0.472. The first-order chi connectivity index (χ1) is 8.83. The molecule has 1 N–H and O–H groups in total. The first-order valence-corrected chi connectivity index (χ1v) is 7.73. The molecule has 1 atom stereocenters. The Hall–Kier alpha value is -0.930. The Morgan fingerprint density at radius 1 is 1.22 bits per heavy atom. The van der Waals surface area contributed by atoms with Crippen LogP contribution in [0.4, 0.5) is 0 Å². The Balaban J connectivity index is 2.05. The molecule has 2 nitrogen and oxygen atoms in total. The van der Waals surface area contributed by atoms with Crippen LogP contribution in [0.2, 0.25) is 0 Å². The van der Waals surface area contributed by atoms with Gasteiger partial charge in [-0.15, -0.1) is 11.3 Å². The summed E-state index contributed by atoms with van der Waals surface area (Å²) in [5.41, 5.74) is 1.14. The molecule has 2 rings (SSSR count). The third-order valence-corrected chi connectivity index (χ3v) is 4.14. The van der Waals surface area contributed by atoms with E-state index in [-0.39, 0.29) is 0 Å². The lowest BCUT2D eigenvalue weighted by Gasteiger charge is -2.16. The summed E-state index contributed by atoms with van der Waals surface area (Å²) in [5.74, 6) is 0. The molecule has 1 heterocycles. The van der Waals surface area contributed by atoms with Gasteiger partial charge in [0.15, 0.2) is 0 Å². The number of rotatable bonds is 7. The summed E-state index contributed by atoms with van der Waals surface area (Å²) in [7, 11) is 0. The predicted molar refractivity (Wildman–Crippen MR) is 80.3 cm³/mol. The number of fused-ring (bicyclic) bond motifs is 1. The van der Waals surface area contributed by atoms with Crippen LogP contribution in [0.15, 0.2) is 24.3 Å². The number of hydrogen-bond donors (Lipinski definition) is 1. The highest BCUT2D eigenvalue weighted by atomic mass is 32.1. The molecule has 3 heteroatoms. The fourth-order valence-corrected chi connectivity index (χ4v) is 3.24. The van der Waals surface area contributed by atoms with Gasteiger partial charge in [0.2, 0.25) is 0 Å². The molecule has 0 saturated carbocycles. The van der Waals surface area contributed by atoms with E-state index in [2.05, 4.69) is 43.4 Å². The SMILES string of the molecule is CCCNC(CCC)Cc1nc2ccccc2s1. The van der Waals surface area contributed by atoms with Gasteiger partial charge in [0.1, 0.15) is 0 Å². The van der Waals surface area contributed by atoms with Crippen molar-refractivity contribution in [2.45, 2.75) is 45.6 Å². The molecular formula is C15H22N2S. The van der Waals surface area contributed by atoms with Crippen LogP contribution in [0.5, 0.6) is 0 Å². The summed E-state index contributed by atoms with van der Waals surface area (Å²) in [5, 5.41) is 4.89. The summed E-state index contributed by atoms with van der Waals surface area (Å²) in [6, 6.07) is 8.98. The monoisotopic (exact) mass is 262 g/mol. The fourth-order valence-electron chi connectivity index (χ4n) is 2.19. The molecule has 0 saturated heterocycles. The van der Waals surface area contributed by atoms with Crippen LogP contribution in [0.3, 0.4) is 0 Å². The van der Waals surface area contributed by atoms with E-state index < -0.39 is 0 Å². The number of aromatic nitrogens is 1. The van der Waals surface area contributed by atoms with E-state index in [1.807, 2.05) is 11.3 Å². The fraction of sp³-hybridized carbons (Fsp3) is 0.533. The van der Waals surface area contributed by atoms with Gasteiger partial charge < -0.3 is 5.32 Å². The van der Waals surface area contributed by atoms with Crippen molar-refractivity contribution in [2.24, 2.45) is 0 Å². The van der Waals surface area contributed by atoms with Crippen molar-refractivity contribution < 1.29 is 0 Å². The number of para-hydroxylation sites is 1. The van der Waals surface area contributed by atoms with Crippen LogP contribution in [-0.2, 0) is 6.42 Å². The first-order valence-electron chi connectivity index (χ1n) is 6.91. The maximum absolute atomic E-state index is 4.72. The first kappa shape index (κ1) is 13.5. The van der Waals surface area contributed by atoms with Gasteiger partial charge in [0, 0.05) is 12.5 Å². The van der Waals surface area contributed by atoms with Gasteiger partial charge in [-0.1, -0.05) is 32.4 Å².